The molecule has 2 aromatic heterocycles. The van der Waals surface area contributed by atoms with E-state index in [9.17, 15) is 13.2 Å². The maximum atomic E-state index is 12.6. The summed E-state index contributed by atoms with van der Waals surface area (Å²) in [5, 5.41) is 1.48. The molecule has 1 aliphatic rings. The smallest absolute Gasteiger partial charge is 0.417 e. The first kappa shape index (κ1) is 17.8. The molecule has 1 aliphatic heterocycles. The first-order chi connectivity index (χ1) is 12.9. The van der Waals surface area contributed by atoms with Gasteiger partial charge in [-0.15, -0.1) is 0 Å². The van der Waals surface area contributed by atoms with Crippen LogP contribution in [-0.2, 0) is 6.18 Å². The Labute approximate surface area is 157 Å². The third kappa shape index (κ3) is 3.75. The number of aromatic nitrogens is 3. The highest BCUT2D eigenvalue weighted by molar-refractivity contribution is 6.31. The van der Waals surface area contributed by atoms with Gasteiger partial charge in [0.1, 0.15) is 18.2 Å². The molecule has 0 amide bonds. The summed E-state index contributed by atoms with van der Waals surface area (Å²) in [6.07, 6.45) is -1.62. The number of benzene rings is 1. The summed E-state index contributed by atoms with van der Waals surface area (Å²) in [6.45, 7) is 1.26. The summed E-state index contributed by atoms with van der Waals surface area (Å²) in [5.74, 6) is 0.956. The summed E-state index contributed by atoms with van der Waals surface area (Å²) in [5.41, 5.74) is -0.0460. The van der Waals surface area contributed by atoms with E-state index in [1.54, 1.807) is 12.1 Å². The van der Waals surface area contributed by atoms with Crippen molar-refractivity contribution >= 4 is 28.3 Å². The van der Waals surface area contributed by atoms with Crippen molar-refractivity contribution < 1.29 is 17.9 Å². The van der Waals surface area contributed by atoms with Gasteiger partial charge in [0.25, 0.3) is 0 Å². The number of rotatable bonds is 3. The Morgan fingerprint density at radius 3 is 2.70 bits per heavy atom. The van der Waals surface area contributed by atoms with Crippen LogP contribution in [-0.4, -0.2) is 34.1 Å². The molecule has 140 valence electrons. The Morgan fingerprint density at radius 2 is 1.96 bits per heavy atom. The average molecular weight is 395 g/mol. The molecule has 0 bridgehead atoms. The molecule has 1 atom stereocenters. The van der Waals surface area contributed by atoms with Crippen molar-refractivity contribution in [2.75, 3.05) is 18.0 Å². The van der Waals surface area contributed by atoms with Crippen molar-refractivity contribution in [3.8, 4) is 5.88 Å². The van der Waals surface area contributed by atoms with Crippen LogP contribution in [0, 0.1) is 0 Å². The molecule has 0 aliphatic carbocycles. The summed E-state index contributed by atoms with van der Waals surface area (Å²) < 4.78 is 43.6. The van der Waals surface area contributed by atoms with Crippen LogP contribution >= 0.6 is 11.6 Å². The van der Waals surface area contributed by atoms with Crippen molar-refractivity contribution in [2.24, 2.45) is 0 Å². The topological polar surface area (TPSA) is 51.1 Å². The fraction of sp³-hybridized carbons (Fsp3) is 0.278. The predicted molar refractivity (Wildman–Crippen MR) is 95.0 cm³/mol. The van der Waals surface area contributed by atoms with Gasteiger partial charge in [0.15, 0.2) is 0 Å². The molecule has 1 saturated heterocycles. The minimum absolute atomic E-state index is 0.175. The maximum absolute atomic E-state index is 12.6. The number of halogens is 4. The number of anilines is 1. The zero-order valence-corrected chi connectivity index (χ0v) is 14.7. The van der Waals surface area contributed by atoms with Crippen molar-refractivity contribution in [3.05, 3.63) is 53.4 Å². The van der Waals surface area contributed by atoms with E-state index >= 15 is 0 Å². The zero-order chi connectivity index (χ0) is 19.0. The van der Waals surface area contributed by atoms with E-state index in [0.717, 1.165) is 29.0 Å². The SMILES string of the molecule is FC(F)(F)c1ccc(OC2CCN(c3ncnc4cc(Cl)ccc34)C2)nc1. The van der Waals surface area contributed by atoms with Gasteiger partial charge in [-0.3, -0.25) is 0 Å². The molecule has 0 radical (unpaired) electrons. The second-order valence-electron chi connectivity index (χ2n) is 6.22. The van der Waals surface area contributed by atoms with Crippen LogP contribution in [0.1, 0.15) is 12.0 Å². The second-order valence-corrected chi connectivity index (χ2v) is 6.65. The Balaban J connectivity index is 1.48. The van der Waals surface area contributed by atoms with Gasteiger partial charge in [0.05, 0.1) is 17.6 Å². The quantitative estimate of drug-likeness (QED) is 0.661. The predicted octanol–water partition coefficient (Wildman–Crippen LogP) is 4.35. The van der Waals surface area contributed by atoms with E-state index in [4.69, 9.17) is 16.3 Å². The van der Waals surface area contributed by atoms with E-state index in [1.165, 1.54) is 12.4 Å². The molecule has 27 heavy (non-hydrogen) atoms. The number of hydrogen-bond donors (Lipinski definition) is 0. The molecule has 0 N–H and O–H groups in total. The van der Waals surface area contributed by atoms with Crippen LogP contribution < -0.4 is 9.64 Å². The van der Waals surface area contributed by atoms with Crippen molar-refractivity contribution in [2.45, 2.75) is 18.7 Å². The molecule has 9 heteroatoms. The van der Waals surface area contributed by atoms with Crippen LogP contribution in [0.25, 0.3) is 10.9 Å². The van der Waals surface area contributed by atoms with Crippen molar-refractivity contribution in [1.82, 2.24) is 15.0 Å². The number of hydrogen-bond acceptors (Lipinski definition) is 5. The summed E-state index contributed by atoms with van der Waals surface area (Å²) in [4.78, 5) is 14.4. The zero-order valence-electron chi connectivity index (χ0n) is 13.9. The van der Waals surface area contributed by atoms with Crippen LogP contribution in [0.15, 0.2) is 42.9 Å². The average Bonchev–Trinajstić information content (AvgIpc) is 3.09. The van der Waals surface area contributed by atoms with Gasteiger partial charge in [-0.1, -0.05) is 11.6 Å². The Kier molecular flexibility index (Phi) is 4.51. The van der Waals surface area contributed by atoms with E-state index in [2.05, 4.69) is 19.9 Å². The monoisotopic (exact) mass is 394 g/mol. The van der Waals surface area contributed by atoms with Gasteiger partial charge in [-0.2, -0.15) is 13.2 Å². The lowest BCUT2D eigenvalue weighted by Crippen LogP contribution is -2.25. The van der Waals surface area contributed by atoms with Crippen LogP contribution in [0.3, 0.4) is 0 Å². The van der Waals surface area contributed by atoms with Gasteiger partial charge in [0, 0.05) is 35.6 Å². The third-order valence-electron chi connectivity index (χ3n) is 4.37. The van der Waals surface area contributed by atoms with E-state index in [1.807, 2.05) is 6.07 Å². The molecule has 1 aromatic carbocycles. The first-order valence-corrected chi connectivity index (χ1v) is 8.63. The van der Waals surface area contributed by atoms with Gasteiger partial charge in [-0.25, -0.2) is 15.0 Å². The number of nitrogens with zero attached hydrogens (tertiary/aromatic N) is 4. The summed E-state index contributed by atoms with van der Waals surface area (Å²) in [6, 6.07) is 7.65. The number of alkyl halides is 3. The number of ether oxygens (including phenoxy) is 1. The molecule has 4 rings (SSSR count). The lowest BCUT2D eigenvalue weighted by molar-refractivity contribution is -0.137. The lowest BCUT2D eigenvalue weighted by Gasteiger charge is -2.19. The fourth-order valence-electron chi connectivity index (χ4n) is 3.07. The normalized spacial score (nSPS) is 17.5. The Hall–Kier alpha value is -2.61. The number of fused-ring (bicyclic) bond motifs is 1. The molecule has 3 aromatic rings. The van der Waals surface area contributed by atoms with Gasteiger partial charge in [-0.05, 0) is 24.3 Å². The molecule has 3 heterocycles. The van der Waals surface area contributed by atoms with Crippen LogP contribution in [0.2, 0.25) is 5.02 Å². The summed E-state index contributed by atoms with van der Waals surface area (Å²) in [7, 11) is 0. The van der Waals surface area contributed by atoms with E-state index in [-0.39, 0.29) is 12.0 Å². The van der Waals surface area contributed by atoms with Crippen LogP contribution in [0.5, 0.6) is 5.88 Å². The second kappa shape index (κ2) is 6.84. The van der Waals surface area contributed by atoms with Gasteiger partial charge >= 0.3 is 6.18 Å². The largest absolute Gasteiger partial charge is 0.472 e. The van der Waals surface area contributed by atoms with Crippen molar-refractivity contribution in [1.29, 1.82) is 0 Å². The standard InChI is InChI=1S/C18H14ClF3N4O/c19-12-2-3-14-15(7-12)24-10-25-17(14)26-6-5-13(9-26)27-16-4-1-11(8-23-16)18(20,21)22/h1-4,7-8,10,13H,5-6,9H2. The lowest BCUT2D eigenvalue weighted by atomic mass is 10.2. The molecular formula is C18H14ClF3N4O. The Bertz CT molecular complexity index is 965. The maximum Gasteiger partial charge on any atom is 0.417 e. The molecule has 5 nitrogen and oxygen atoms in total. The van der Waals surface area contributed by atoms with E-state index in [0.29, 0.717) is 24.5 Å². The van der Waals surface area contributed by atoms with Gasteiger partial charge < -0.3 is 9.64 Å². The molecular weight excluding hydrogens is 381 g/mol. The minimum Gasteiger partial charge on any atom is -0.472 e. The van der Waals surface area contributed by atoms with Crippen molar-refractivity contribution in [3.63, 3.8) is 0 Å². The highest BCUT2D eigenvalue weighted by Gasteiger charge is 2.31. The number of pyridine rings is 1. The van der Waals surface area contributed by atoms with Crippen LogP contribution in [0.4, 0.5) is 19.0 Å². The molecule has 1 unspecified atom stereocenters. The third-order valence-corrected chi connectivity index (χ3v) is 4.61. The van der Waals surface area contributed by atoms with Gasteiger partial charge in [0.2, 0.25) is 5.88 Å². The van der Waals surface area contributed by atoms with E-state index < -0.39 is 11.7 Å². The minimum atomic E-state index is -4.41. The highest BCUT2D eigenvalue weighted by atomic mass is 35.5. The fourth-order valence-corrected chi connectivity index (χ4v) is 3.24. The molecule has 0 spiro atoms. The first-order valence-electron chi connectivity index (χ1n) is 8.25. The Morgan fingerprint density at radius 1 is 1.11 bits per heavy atom. The molecule has 1 fully saturated rings. The summed E-state index contributed by atoms with van der Waals surface area (Å²) >= 11 is 6.01. The molecule has 0 saturated carbocycles. The highest BCUT2D eigenvalue weighted by Crippen LogP contribution is 2.31.